The van der Waals surface area contributed by atoms with E-state index >= 15 is 0 Å². The number of nitrogens with one attached hydrogen (secondary N) is 1. The summed E-state index contributed by atoms with van der Waals surface area (Å²) in [4.78, 5) is 23.3. The summed E-state index contributed by atoms with van der Waals surface area (Å²) in [6.07, 6.45) is 1.41. The number of aryl methyl sites for hydroxylation is 1. The Balaban J connectivity index is 2.33. The van der Waals surface area contributed by atoms with E-state index in [0.29, 0.717) is 32.2 Å². The molecule has 156 valence electrons. The van der Waals surface area contributed by atoms with E-state index in [2.05, 4.69) is 5.32 Å². The highest BCUT2D eigenvalue weighted by Crippen LogP contribution is 2.35. The highest BCUT2D eigenvalue weighted by atomic mass is 127. The number of halogens is 2. The van der Waals surface area contributed by atoms with Crippen LogP contribution in [0.2, 0.25) is 5.02 Å². The summed E-state index contributed by atoms with van der Waals surface area (Å²) in [5.41, 5.74) is 1.75. The standard InChI is InChI=1S/C21H18ClIN2O5/c1-3-29-18-8-13(7-17(23)20(18)30-11-19(26)27)6-14(10-24)21(28)25-15-5-4-12(2)16(22)9-15/h4-9H,3,11H2,1-2H3,(H,25,28)(H,26,27)/b14-6-. The number of ether oxygens (including phenoxy) is 2. The van der Waals surface area contributed by atoms with Gasteiger partial charge >= 0.3 is 5.97 Å². The van der Waals surface area contributed by atoms with Gasteiger partial charge in [-0.15, -0.1) is 0 Å². The Labute approximate surface area is 192 Å². The van der Waals surface area contributed by atoms with Gasteiger partial charge in [0.2, 0.25) is 0 Å². The predicted octanol–water partition coefficient (Wildman–Crippen LogP) is 4.66. The Morgan fingerprint density at radius 3 is 2.63 bits per heavy atom. The third-order valence-corrected chi connectivity index (χ3v) is 4.99. The van der Waals surface area contributed by atoms with Gasteiger partial charge in [0.15, 0.2) is 18.1 Å². The molecular formula is C21H18ClIN2O5. The second kappa shape index (κ2) is 10.8. The Bertz CT molecular complexity index is 1050. The van der Waals surface area contributed by atoms with E-state index in [1.165, 1.54) is 6.08 Å². The number of anilines is 1. The molecule has 0 aromatic heterocycles. The summed E-state index contributed by atoms with van der Waals surface area (Å²) in [7, 11) is 0. The van der Waals surface area contributed by atoms with Gasteiger partial charge in [0, 0.05) is 10.7 Å². The molecule has 0 saturated heterocycles. The number of nitrogens with zero attached hydrogens (tertiary/aromatic N) is 1. The van der Waals surface area contributed by atoms with E-state index in [9.17, 15) is 14.9 Å². The monoisotopic (exact) mass is 540 g/mol. The molecule has 0 spiro atoms. The van der Waals surface area contributed by atoms with E-state index in [-0.39, 0.29) is 11.3 Å². The van der Waals surface area contributed by atoms with Gasteiger partial charge in [0.25, 0.3) is 5.91 Å². The van der Waals surface area contributed by atoms with E-state index in [4.69, 9.17) is 26.2 Å². The number of carbonyl (C=O) groups is 2. The van der Waals surface area contributed by atoms with Gasteiger partial charge in [-0.1, -0.05) is 17.7 Å². The molecule has 0 unspecified atom stereocenters. The lowest BCUT2D eigenvalue weighted by Crippen LogP contribution is -2.13. The number of nitriles is 1. The van der Waals surface area contributed by atoms with Crippen molar-refractivity contribution in [2.45, 2.75) is 13.8 Å². The van der Waals surface area contributed by atoms with Crippen molar-refractivity contribution in [2.24, 2.45) is 0 Å². The minimum absolute atomic E-state index is 0.121. The summed E-state index contributed by atoms with van der Waals surface area (Å²) in [6.45, 7) is 3.43. The fraction of sp³-hybridized carbons (Fsp3) is 0.190. The molecule has 0 heterocycles. The smallest absolute Gasteiger partial charge is 0.341 e. The molecule has 9 heteroatoms. The average molecular weight is 541 g/mol. The van der Waals surface area contributed by atoms with Crippen LogP contribution in [-0.2, 0) is 9.59 Å². The second-order valence-corrected chi connectivity index (χ2v) is 7.60. The Kier molecular flexibility index (Phi) is 8.50. The van der Waals surface area contributed by atoms with Gasteiger partial charge < -0.3 is 19.9 Å². The van der Waals surface area contributed by atoms with Gasteiger partial charge in [-0.25, -0.2) is 4.79 Å². The van der Waals surface area contributed by atoms with Crippen LogP contribution in [0.15, 0.2) is 35.9 Å². The molecule has 0 radical (unpaired) electrons. The molecule has 0 aliphatic carbocycles. The lowest BCUT2D eigenvalue weighted by Gasteiger charge is -2.14. The number of benzene rings is 2. The molecule has 2 aromatic carbocycles. The van der Waals surface area contributed by atoms with Crippen molar-refractivity contribution in [3.8, 4) is 17.6 Å². The van der Waals surface area contributed by atoms with Crippen molar-refractivity contribution >= 4 is 57.8 Å². The van der Waals surface area contributed by atoms with Crippen LogP contribution < -0.4 is 14.8 Å². The van der Waals surface area contributed by atoms with E-state index in [1.54, 1.807) is 37.3 Å². The number of aliphatic carboxylic acids is 1. The molecule has 2 N–H and O–H groups in total. The molecule has 2 rings (SSSR count). The molecule has 7 nitrogen and oxygen atoms in total. The van der Waals surface area contributed by atoms with Crippen LogP contribution in [0.5, 0.6) is 11.5 Å². The zero-order valence-corrected chi connectivity index (χ0v) is 19.1. The fourth-order valence-electron chi connectivity index (χ4n) is 2.39. The number of carboxylic acids is 1. The van der Waals surface area contributed by atoms with Crippen molar-refractivity contribution in [3.63, 3.8) is 0 Å². The SMILES string of the molecule is CCOc1cc(/C=C(/C#N)C(=O)Nc2ccc(C)c(Cl)c2)cc(I)c1OCC(=O)O. The Hall–Kier alpha value is -2.77. The number of amides is 1. The van der Waals surface area contributed by atoms with Crippen LogP contribution in [0.25, 0.3) is 6.08 Å². The number of rotatable bonds is 8. The van der Waals surface area contributed by atoms with Gasteiger partial charge in [-0.3, -0.25) is 4.79 Å². The first-order chi connectivity index (χ1) is 14.2. The molecule has 1 amide bonds. The molecule has 2 aromatic rings. The number of hydrogen-bond acceptors (Lipinski definition) is 5. The lowest BCUT2D eigenvalue weighted by molar-refractivity contribution is -0.139. The van der Waals surface area contributed by atoms with Crippen LogP contribution in [0.4, 0.5) is 5.69 Å². The summed E-state index contributed by atoms with van der Waals surface area (Å²) < 4.78 is 11.4. The topological polar surface area (TPSA) is 109 Å². The maximum absolute atomic E-state index is 12.5. The zero-order chi connectivity index (χ0) is 22.3. The van der Waals surface area contributed by atoms with E-state index in [0.717, 1.165) is 5.56 Å². The summed E-state index contributed by atoms with van der Waals surface area (Å²) >= 11 is 8.05. The van der Waals surface area contributed by atoms with Crippen molar-refractivity contribution in [3.05, 3.63) is 55.6 Å². The molecule has 0 aliphatic rings. The lowest BCUT2D eigenvalue weighted by atomic mass is 10.1. The first kappa shape index (κ1) is 23.5. The van der Waals surface area contributed by atoms with Crippen molar-refractivity contribution < 1.29 is 24.2 Å². The Morgan fingerprint density at radius 2 is 2.03 bits per heavy atom. The quantitative estimate of drug-likeness (QED) is 0.286. The first-order valence-corrected chi connectivity index (χ1v) is 10.2. The predicted molar refractivity (Wildman–Crippen MR) is 122 cm³/mol. The molecule has 0 fully saturated rings. The number of carboxylic acid groups (broad SMARTS) is 1. The highest BCUT2D eigenvalue weighted by molar-refractivity contribution is 14.1. The maximum Gasteiger partial charge on any atom is 0.341 e. The summed E-state index contributed by atoms with van der Waals surface area (Å²) in [6, 6.07) is 10.2. The maximum atomic E-state index is 12.5. The van der Waals surface area contributed by atoms with Crippen LogP contribution >= 0.6 is 34.2 Å². The minimum atomic E-state index is -1.11. The normalized spacial score (nSPS) is 10.8. The third kappa shape index (κ3) is 6.37. The van der Waals surface area contributed by atoms with Crippen molar-refractivity contribution in [1.29, 1.82) is 5.26 Å². The average Bonchev–Trinajstić information content (AvgIpc) is 2.68. The van der Waals surface area contributed by atoms with Gasteiger partial charge in [-0.2, -0.15) is 5.26 Å². The van der Waals surface area contributed by atoms with Crippen molar-refractivity contribution in [1.82, 2.24) is 0 Å². The van der Waals surface area contributed by atoms with Crippen LogP contribution in [0.1, 0.15) is 18.1 Å². The minimum Gasteiger partial charge on any atom is -0.490 e. The van der Waals surface area contributed by atoms with Gasteiger partial charge in [0.05, 0.1) is 10.2 Å². The largest absolute Gasteiger partial charge is 0.490 e. The molecule has 30 heavy (non-hydrogen) atoms. The fourth-order valence-corrected chi connectivity index (χ4v) is 3.35. The highest BCUT2D eigenvalue weighted by Gasteiger charge is 2.15. The third-order valence-electron chi connectivity index (χ3n) is 3.78. The first-order valence-electron chi connectivity index (χ1n) is 8.75. The van der Waals surface area contributed by atoms with E-state index in [1.807, 2.05) is 35.6 Å². The van der Waals surface area contributed by atoms with Gasteiger partial charge in [-0.05, 0) is 77.9 Å². The van der Waals surface area contributed by atoms with Crippen LogP contribution in [0, 0.1) is 21.8 Å². The van der Waals surface area contributed by atoms with Crippen LogP contribution in [0.3, 0.4) is 0 Å². The zero-order valence-electron chi connectivity index (χ0n) is 16.2. The molecule has 0 atom stereocenters. The number of carbonyl (C=O) groups excluding carboxylic acids is 1. The van der Waals surface area contributed by atoms with Crippen molar-refractivity contribution in [2.75, 3.05) is 18.5 Å². The Morgan fingerprint density at radius 1 is 1.30 bits per heavy atom. The molecule has 0 saturated carbocycles. The summed E-state index contributed by atoms with van der Waals surface area (Å²) in [5, 5.41) is 21.4. The second-order valence-electron chi connectivity index (χ2n) is 6.03. The van der Waals surface area contributed by atoms with E-state index < -0.39 is 18.5 Å². The molecular weight excluding hydrogens is 523 g/mol. The molecule has 0 aliphatic heterocycles. The number of hydrogen-bond donors (Lipinski definition) is 2. The van der Waals surface area contributed by atoms with Gasteiger partial charge in [0.1, 0.15) is 11.6 Å². The van der Waals surface area contributed by atoms with Crippen LogP contribution in [-0.4, -0.2) is 30.2 Å². The summed E-state index contributed by atoms with van der Waals surface area (Å²) in [5.74, 6) is -1.09. The molecule has 0 bridgehead atoms.